The Morgan fingerprint density at radius 2 is 2.05 bits per heavy atom. The Kier molecular flexibility index (Phi) is 4.91. The van der Waals surface area contributed by atoms with Gasteiger partial charge in [0.1, 0.15) is 11.6 Å². The first-order chi connectivity index (χ1) is 9.15. The molecule has 2 rings (SSSR count). The third kappa shape index (κ3) is 3.14. The van der Waals surface area contributed by atoms with Crippen molar-refractivity contribution in [1.82, 2.24) is 10.2 Å². The van der Waals surface area contributed by atoms with Crippen molar-refractivity contribution in [3.8, 4) is 0 Å². The van der Waals surface area contributed by atoms with E-state index < -0.39 is 11.6 Å². The van der Waals surface area contributed by atoms with E-state index in [0.29, 0.717) is 6.42 Å². The number of piperazine rings is 1. The maximum absolute atomic E-state index is 14.1. The standard InChI is InChI=1S/C14H17ClF2N2/c1-2-3-12(19-8-6-18-7-9-19)13-11(16)5-4-10(15)14(13)17/h2,4-5,12,18H,1,3,6-9H2/t12-/m1/s1. The van der Waals surface area contributed by atoms with Crippen molar-refractivity contribution in [2.75, 3.05) is 26.2 Å². The van der Waals surface area contributed by atoms with Gasteiger partial charge in [0.25, 0.3) is 0 Å². The topological polar surface area (TPSA) is 15.3 Å². The minimum absolute atomic E-state index is 0.0411. The average molecular weight is 287 g/mol. The van der Waals surface area contributed by atoms with E-state index in [9.17, 15) is 8.78 Å². The van der Waals surface area contributed by atoms with E-state index in [1.807, 2.05) is 0 Å². The van der Waals surface area contributed by atoms with Crippen LogP contribution in [-0.4, -0.2) is 31.1 Å². The molecule has 1 heterocycles. The summed E-state index contributed by atoms with van der Waals surface area (Å²) < 4.78 is 28.1. The van der Waals surface area contributed by atoms with Crippen molar-refractivity contribution in [3.63, 3.8) is 0 Å². The molecule has 0 spiro atoms. The number of halogens is 3. The number of nitrogens with zero attached hydrogens (tertiary/aromatic N) is 1. The fraction of sp³-hybridized carbons (Fsp3) is 0.429. The molecular weight excluding hydrogens is 270 g/mol. The molecule has 0 unspecified atom stereocenters. The Morgan fingerprint density at radius 3 is 2.68 bits per heavy atom. The van der Waals surface area contributed by atoms with Gasteiger partial charge >= 0.3 is 0 Å². The largest absolute Gasteiger partial charge is 0.314 e. The van der Waals surface area contributed by atoms with E-state index >= 15 is 0 Å². The monoisotopic (exact) mass is 286 g/mol. The molecule has 1 fully saturated rings. The lowest BCUT2D eigenvalue weighted by atomic mass is 10.00. The predicted molar refractivity (Wildman–Crippen MR) is 73.4 cm³/mol. The summed E-state index contributed by atoms with van der Waals surface area (Å²) >= 11 is 5.77. The summed E-state index contributed by atoms with van der Waals surface area (Å²) in [5, 5.41) is 3.18. The second-order valence-electron chi connectivity index (χ2n) is 4.58. The number of rotatable bonds is 4. The van der Waals surface area contributed by atoms with Crippen LogP contribution in [0.1, 0.15) is 18.0 Å². The maximum atomic E-state index is 14.1. The van der Waals surface area contributed by atoms with Crippen molar-refractivity contribution < 1.29 is 8.78 Å². The van der Waals surface area contributed by atoms with Crippen LogP contribution in [0, 0.1) is 11.6 Å². The van der Waals surface area contributed by atoms with Gasteiger partial charge in [-0.15, -0.1) is 6.58 Å². The average Bonchev–Trinajstić information content (AvgIpc) is 2.43. The zero-order valence-electron chi connectivity index (χ0n) is 10.6. The number of hydrogen-bond acceptors (Lipinski definition) is 2. The Hall–Kier alpha value is -0.970. The lowest BCUT2D eigenvalue weighted by Gasteiger charge is -2.35. The summed E-state index contributed by atoms with van der Waals surface area (Å²) in [4.78, 5) is 2.07. The first-order valence-corrected chi connectivity index (χ1v) is 6.72. The van der Waals surface area contributed by atoms with Gasteiger partial charge < -0.3 is 5.32 Å². The van der Waals surface area contributed by atoms with Gasteiger partial charge in [0.15, 0.2) is 0 Å². The Bertz CT molecular complexity index is 459. The van der Waals surface area contributed by atoms with E-state index in [1.54, 1.807) is 6.08 Å². The van der Waals surface area contributed by atoms with Gasteiger partial charge in [0.05, 0.1) is 5.02 Å². The lowest BCUT2D eigenvalue weighted by Crippen LogP contribution is -2.45. The smallest absolute Gasteiger partial charge is 0.149 e. The highest BCUT2D eigenvalue weighted by Gasteiger charge is 2.27. The summed E-state index contributed by atoms with van der Waals surface area (Å²) in [6.07, 6.45) is 2.18. The van der Waals surface area contributed by atoms with Gasteiger partial charge in [0.2, 0.25) is 0 Å². The molecule has 1 aromatic carbocycles. The summed E-state index contributed by atoms with van der Waals surface area (Å²) in [7, 11) is 0. The molecular formula is C14H17ClF2N2. The Morgan fingerprint density at radius 1 is 1.37 bits per heavy atom. The first-order valence-electron chi connectivity index (χ1n) is 6.34. The first kappa shape index (κ1) is 14.4. The van der Waals surface area contributed by atoms with Crippen LogP contribution < -0.4 is 5.32 Å². The van der Waals surface area contributed by atoms with Crippen molar-refractivity contribution in [1.29, 1.82) is 0 Å². The molecule has 0 aromatic heterocycles. The van der Waals surface area contributed by atoms with Crippen LogP contribution in [0.3, 0.4) is 0 Å². The second kappa shape index (κ2) is 6.46. The van der Waals surface area contributed by atoms with E-state index in [0.717, 1.165) is 26.2 Å². The SMILES string of the molecule is C=CC[C@H](c1c(F)ccc(Cl)c1F)N1CCNCC1. The van der Waals surface area contributed by atoms with Crippen LogP contribution in [0.25, 0.3) is 0 Å². The van der Waals surface area contributed by atoms with E-state index in [4.69, 9.17) is 11.6 Å². The molecule has 1 saturated heterocycles. The number of nitrogens with one attached hydrogen (secondary N) is 1. The lowest BCUT2D eigenvalue weighted by molar-refractivity contribution is 0.168. The van der Waals surface area contributed by atoms with Crippen LogP contribution in [0.2, 0.25) is 5.02 Å². The maximum Gasteiger partial charge on any atom is 0.149 e. The van der Waals surface area contributed by atoms with Crippen molar-refractivity contribution in [2.45, 2.75) is 12.5 Å². The molecule has 2 nitrogen and oxygen atoms in total. The molecule has 5 heteroatoms. The van der Waals surface area contributed by atoms with Gasteiger partial charge in [0, 0.05) is 37.8 Å². The summed E-state index contributed by atoms with van der Waals surface area (Å²) in [5.74, 6) is -1.21. The molecule has 0 amide bonds. The van der Waals surface area contributed by atoms with Gasteiger partial charge in [-0.3, -0.25) is 4.90 Å². The molecule has 1 aliphatic rings. The van der Waals surface area contributed by atoms with Gasteiger partial charge in [-0.05, 0) is 18.6 Å². The van der Waals surface area contributed by atoms with Crippen LogP contribution in [0.15, 0.2) is 24.8 Å². The third-order valence-electron chi connectivity index (χ3n) is 3.39. The fourth-order valence-electron chi connectivity index (χ4n) is 2.45. The molecule has 0 saturated carbocycles. The van der Waals surface area contributed by atoms with Crippen LogP contribution >= 0.6 is 11.6 Å². The van der Waals surface area contributed by atoms with Crippen molar-refractivity contribution in [2.24, 2.45) is 0 Å². The summed E-state index contributed by atoms with van der Waals surface area (Å²) in [6, 6.07) is 2.12. The number of benzene rings is 1. The van der Waals surface area contributed by atoms with E-state index in [2.05, 4.69) is 16.8 Å². The van der Waals surface area contributed by atoms with E-state index in [-0.39, 0.29) is 16.6 Å². The van der Waals surface area contributed by atoms with Crippen molar-refractivity contribution in [3.05, 3.63) is 47.0 Å². The minimum Gasteiger partial charge on any atom is -0.314 e. The highest BCUT2D eigenvalue weighted by molar-refractivity contribution is 6.30. The zero-order chi connectivity index (χ0) is 13.8. The van der Waals surface area contributed by atoms with Gasteiger partial charge in [-0.2, -0.15) is 0 Å². The normalized spacial score (nSPS) is 18.3. The van der Waals surface area contributed by atoms with E-state index in [1.165, 1.54) is 12.1 Å². The number of hydrogen-bond donors (Lipinski definition) is 1. The molecule has 1 aliphatic heterocycles. The molecule has 104 valence electrons. The quantitative estimate of drug-likeness (QED) is 0.676. The third-order valence-corrected chi connectivity index (χ3v) is 3.69. The van der Waals surface area contributed by atoms with Gasteiger partial charge in [-0.1, -0.05) is 17.7 Å². The van der Waals surface area contributed by atoms with Crippen LogP contribution in [0.4, 0.5) is 8.78 Å². The molecule has 1 atom stereocenters. The van der Waals surface area contributed by atoms with Gasteiger partial charge in [-0.25, -0.2) is 8.78 Å². The van der Waals surface area contributed by atoms with Crippen LogP contribution in [-0.2, 0) is 0 Å². The Balaban J connectivity index is 2.37. The predicted octanol–water partition coefficient (Wildman–Crippen LogP) is 3.14. The second-order valence-corrected chi connectivity index (χ2v) is 4.99. The highest BCUT2D eigenvalue weighted by Crippen LogP contribution is 2.32. The molecule has 0 bridgehead atoms. The molecule has 19 heavy (non-hydrogen) atoms. The molecule has 0 aliphatic carbocycles. The molecule has 1 N–H and O–H groups in total. The minimum atomic E-state index is -0.660. The summed E-state index contributed by atoms with van der Waals surface area (Å²) in [6.45, 7) is 6.82. The molecule has 1 aromatic rings. The molecule has 0 radical (unpaired) electrons. The fourth-order valence-corrected chi connectivity index (χ4v) is 2.61. The van der Waals surface area contributed by atoms with Crippen molar-refractivity contribution >= 4 is 11.6 Å². The zero-order valence-corrected chi connectivity index (χ0v) is 11.4. The van der Waals surface area contributed by atoms with Crippen LogP contribution in [0.5, 0.6) is 0 Å². The Labute approximate surface area is 117 Å². The summed E-state index contributed by atoms with van der Waals surface area (Å²) in [5.41, 5.74) is 0.0503. The highest BCUT2D eigenvalue weighted by atomic mass is 35.5.